The van der Waals surface area contributed by atoms with Gasteiger partial charge in [0.2, 0.25) is 5.91 Å². The molecule has 3 heteroatoms. The van der Waals surface area contributed by atoms with Crippen LogP contribution in [0.25, 0.3) is 0 Å². The number of hydrogen-bond donors (Lipinski definition) is 2. The van der Waals surface area contributed by atoms with Gasteiger partial charge in [-0.2, -0.15) is 0 Å². The Bertz CT molecular complexity index is 399. The highest BCUT2D eigenvalue weighted by Gasteiger charge is 2.34. The number of rotatable bonds is 4. The Kier molecular flexibility index (Phi) is 3.48. The molecule has 1 aliphatic carbocycles. The summed E-state index contributed by atoms with van der Waals surface area (Å²) in [5.41, 5.74) is 2.05. The fourth-order valence-corrected chi connectivity index (χ4v) is 1.84. The van der Waals surface area contributed by atoms with E-state index in [0.29, 0.717) is 12.0 Å². The largest absolute Gasteiger partial charge is 0.325 e. The van der Waals surface area contributed by atoms with Gasteiger partial charge in [0.15, 0.2) is 0 Å². The van der Waals surface area contributed by atoms with Gasteiger partial charge >= 0.3 is 0 Å². The molecule has 3 unspecified atom stereocenters. The molecule has 3 atom stereocenters. The summed E-state index contributed by atoms with van der Waals surface area (Å²) < 4.78 is 0. The van der Waals surface area contributed by atoms with E-state index >= 15 is 0 Å². The molecule has 1 aromatic rings. The predicted molar refractivity (Wildman–Crippen MR) is 70.0 cm³/mol. The first-order chi connectivity index (χ1) is 8.06. The molecule has 0 bridgehead atoms. The van der Waals surface area contributed by atoms with E-state index in [4.69, 9.17) is 0 Å². The van der Waals surface area contributed by atoms with E-state index in [2.05, 4.69) is 17.6 Å². The van der Waals surface area contributed by atoms with Gasteiger partial charge in [-0.15, -0.1) is 0 Å². The molecule has 0 heterocycles. The van der Waals surface area contributed by atoms with E-state index in [1.165, 1.54) is 12.0 Å². The zero-order valence-corrected chi connectivity index (χ0v) is 10.7. The van der Waals surface area contributed by atoms with Crippen LogP contribution in [0.15, 0.2) is 24.3 Å². The maximum atomic E-state index is 11.9. The minimum absolute atomic E-state index is 0.0351. The number of nitrogens with one attached hydrogen (secondary N) is 2. The normalized spacial score (nSPS) is 24.2. The molecular formula is C14H20N2O. The summed E-state index contributed by atoms with van der Waals surface area (Å²) in [6.45, 7) is 6.14. The molecule has 92 valence electrons. The number of carbonyl (C=O) groups excluding carboxylic acids is 1. The molecule has 0 radical (unpaired) electrons. The Morgan fingerprint density at radius 2 is 1.94 bits per heavy atom. The van der Waals surface area contributed by atoms with Crippen LogP contribution in [0.4, 0.5) is 5.69 Å². The van der Waals surface area contributed by atoms with Gasteiger partial charge in [-0.1, -0.05) is 24.6 Å². The molecule has 0 spiro atoms. The van der Waals surface area contributed by atoms with Crippen molar-refractivity contribution in [3.8, 4) is 0 Å². The summed E-state index contributed by atoms with van der Waals surface area (Å²) in [6.07, 6.45) is 1.18. The first kappa shape index (κ1) is 12.1. The maximum absolute atomic E-state index is 11.9. The Morgan fingerprint density at radius 3 is 2.47 bits per heavy atom. The van der Waals surface area contributed by atoms with Crippen LogP contribution in [-0.4, -0.2) is 18.0 Å². The fraction of sp³-hybridized carbons (Fsp3) is 0.500. The molecule has 1 aliphatic rings. The van der Waals surface area contributed by atoms with Crippen LogP contribution in [0.5, 0.6) is 0 Å². The second kappa shape index (κ2) is 4.88. The van der Waals surface area contributed by atoms with Gasteiger partial charge in [-0.25, -0.2) is 0 Å². The molecule has 1 fully saturated rings. The molecule has 2 rings (SSSR count). The first-order valence-corrected chi connectivity index (χ1v) is 6.20. The van der Waals surface area contributed by atoms with Crippen LogP contribution < -0.4 is 10.6 Å². The lowest BCUT2D eigenvalue weighted by Crippen LogP contribution is -2.39. The third-order valence-electron chi connectivity index (χ3n) is 3.29. The molecule has 1 aromatic carbocycles. The third kappa shape index (κ3) is 3.30. The van der Waals surface area contributed by atoms with Crippen LogP contribution in [0.1, 0.15) is 25.8 Å². The van der Waals surface area contributed by atoms with E-state index in [0.717, 1.165) is 5.69 Å². The summed E-state index contributed by atoms with van der Waals surface area (Å²) in [4.78, 5) is 11.9. The molecular weight excluding hydrogens is 212 g/mol. The van der Waals surface area contributed by atoms with Crippen LogP contribution in [0.3, 0.4) is 0 Å². The summed E-state index contributed by atoms with van der Waals surface area (Å²) >= 11 is 0. The standard InChI is InChI=1S/C14H20N2O/c1-9-4-6-12(7-5-9)16-14(17)11(3)15-13-8-10(13)2/h4-7,10-11,13,15H,8H2,1-3H3,(H,16,17). The molecule has 0 aliphatic heterocycles. The van der Waals surface area contributed by atoms with Gasteiger partial charge in [0, 0.05) is 11.7 Å². The highest BCUT2D eigenvalue weighted by atomic mass is 16.2. The molecule has 0 aromatic heterocycles. The van der Waals surface area contributed by atoms with Gasteiger partial charge < -0.3 is 10.6 Å². The maximum Gasteiger partial charge on any atom is 0.241 e. The molecule has 3 nitrogen and oxygen atoms in total. The van der Waals surface area contributed by atoms with Crippen molar-refractivity contribution in [2.24, 2.45) is 5.92 Å². The lowest BCUT2D eigenvalue weighted by atomic mass is 10.2. The summed E-state index contributed by atoms with van der Waals surface area (Å²) in [5, 5.41) is 6.24. The number of benzene rings is 1. The predicted octanol–water partition coefficient (Wildman–Crippen LogP) is 2.32. The van der Waals surface area contributed by atoms with E-state index in [1.54, 1.807) is 0 Å². The molecule has 2 N–H and O–H groups in total. The van der Waals surface area contributed by atoms with Crippen molar-refractivity contribution in [1.82, 2.24) is 5.32 Å². The first-order valence-electron chi connectivity index (χ1n) is 6.20. The second-order valence-electron chi connectivity index (χ2n) is 5.06. The lowest BCUT2D eigenvalue weighted by molar-refractivity contribution is -0.117. The van der Waals surface area contributed by atoms with E-state index in [1.807, 2.05) is 38.1 Å². The van der Waals surface area contributed by atoms with Crippen molar-refractivity contribution in [2.75, 3.05) is 5.32 Å². The summed E-state index contributed by atoms with van der Waals surface area (Å²) in [5.74, 6) is 0.748. The van der Waals surface area contributed by atoms with Crippen LogP contribution >= 0.6 is 0 Å². The quantitative estimate of drug-likeness (QED) is 0.836. The monoisotopic (exact) mass is 232 g/mol. The highest BCUT2D eigenvalue weighted by molar-refractivity contribution is 5.94. The number of carbonyl (C=O) groups is 1. The van der Waals surface area contributed by atoms with Crippen molar-refractivity contribution in [3.05, 3.63) is 29.8 Å². The Labute approximate surface area is 103 Å². The Balaban J connectivity index is 1.85. The smallest absolute Gasteiger partial charge is 0.241 e. The molecule has 0 saturated heterocycles. The van der Waals surface area contributed by atoms with Crippen LogP contribution in [-0.2, 0) is 4.79 Å². The minimum Gasteiger partial charge on any atom is -0.325 e. The van der Waals surface area contributed by atoms with Crippen molar-refractivity contribution < 1.29 is 4.79 Å². The van der Waals surface area contributed by atoms with Crippen molar-refractivity contribution in [3.63, 3.8) is 0 Å². The SMILES string of the molecule is Cc1ccc(NC(=O)C(C)NC2CC2C)cc1. The Hall–Kier alpha value is -1.35. The van der Waals surface area contributed by atoms with Gasteiger partial charge in [0.25, 0.3) is 0 Å². The van der Waals surface area contributed by atoms with Gasteiger partial charge in [-0.3, -0.25) is 4.79 Å². The molecule has 1 saturated carbocycles. The average molecular weight is 232 g/mol. The van der Waals surface area contributed by atoms with Crippen LogP contribution in [0.2, 0.25) is 0 Å². The molecule has 17 heavy (non-hydrogen) atoms. The fourth-order valence-electron chi connectivity index (χ4n) is 1.84. The van der Waals surface area contributed by atoms with Crippen molar-refractivity contribution >= 4 is 11.6 Å². The zero-order valence-electron chi connectivity index (χ0n) is 10.7. The van der Waals surface area contributed by atoms with E-state index < -0.39 is 0 Å². The third-order valence-corrected chi connectivity index (χ3v) is 3.29. The number of hydrogen-bond acceptors (Lipinski definition) is 2. The van der Waals surface area contributed by atoms with Gasteiger partial charge in [0.05, 0.1) is 6.04 Å². The highest BCUT2D eigenvalue weighted by Crippen LogP contribution is 2.29. The number of aryl methyl sites for hydroxylation is 1. The summed E-state index contributed by atoms with van der Waals surface area (Å²) in [6, 6.07) is 8.24. The molecule has 1 amide bonds. The number of amides is 1. The van der Waals surface area contributed by atoms with Crippen molar-refractivity contribution in [2.45, 2.75) is 39.3 Å². The average Bonchev–Trinajstić information content (AvgIpc) is 2.97. The van der Waals surface area contributed by atoms with E-state index in [9.17, 15) is 4.79 Å². The topological polar surface area (TPSA) is 41.1 Å². The van der Waals surface area contributed by atoms with Crippen LogP contribution in [0, 0.1) is 12.8 Å². The van der Waals surface area contributed by atoms with E-state index in [-0.39, 0.29) is 11.9 Å². The summed E-state index contributed by atoms with van der Waals surface area (Å²) in [7, 11) is 0. The van der Waals surface area contributed by atoms with Crippen molar-refractivity contribution in [1.29, 1.82) is 0 Å². The van der Waals surface area contributed by atoms with Gasteiger partial charge in [0.1, 0.15) is 0 Å². The van der Waals surface area contributed by atoms with Gasteiger partial charge in [-0.05, 0) is 38.3 Å². The zero-order chi connectivity index (χ0) is 12.4. The minimum atomic E-state index is -0.133. The Morgan fingerprint density at radius 1 is 1.35 bits per heavy atom. The lowest BCUT2D eigenvalue weighted by Gasteiger charge is -2.13. The second-order valence-corrected chi connectivity index (χ2v) is 5.06. The number of anilines is 1.